The Balaban J connectivity index is 1.81. The van der Waals surface area contributed by atoms with Crippen molar-refractivity contribution in [2.75, 3.05) is 0 Å². The Morgan fingerprint density at radius 2 is 2.31 bits per heavy atom. The Labute approximate surface area is 93.7 Å². The first-order valence-corrected chi connectivity index (χ1v) is 5.64. The lowest BCUT2D eigenvalue weighted by Crippen LogP contribution is -2.40. The lowest BCUT2D eigenvalue weighted by molar-refractivity contribution is 0.120. The van der Waals surface area contributed by atoms with Gasteiger partial charge in [-0.15, -0.1) is 0 Å². The van der Waals surface area contributed by atoms with Gasteiger partial charge in [0.1, 0.15) is 5.82 Å². The van der Waals surface area contributed by atoms with Crippen molar-refractivity contribution in [1.82, 2.24) is 10.3 Å². The molecule has 0 radical (unpaired) electrons. The second-order valence-corrected chi connectivity index (χ2v) is 5.28. The van der Waals surface area contributed by atoms with E-state index in [1.165, 1.54) is 12.3 Å². The van der Waals surface area contributed by atoms with E-state index in [-0.39, 0.29) is 11.6 Å². The third-order valence-corrected chi connectivity index (χ3v) is 3.86. The predicted molar refractivity (Wildman–Crippen MR) is 57.2 cm³/mol. The summed E-state index contributed by atoms with van der Waals surface area (Å²) in [5.74, 6) is 0.122. The fourth-order valence-corrected chi connectivity index (χ4v) is 3.12. The lowest BCUT2D eigenvalue weighted by Gasteiger charge is -2.33. The Hall–Kier alpha value is -1.00. The zero-order valence-electron chi connectivity index (χ0n) is 9.15. The van der Waals surface area contributed by atoms with Crippen LogP contribution in [0.25, 0.3) is 0 Å². The summed E-state index contributed by atoms with van der Waals surface area (Å²) >= 11 is 0. The average molecular weight is 222 g/mol. The van der Waals surface area contributed by atoms with Crippen LogP contribution >= 0.6 is 0 Å². The highest BCUT2D eigenvalue weighted by Gasteiger charge is 2.54. The molecule has 2 saturated heterocycles. The second kappa shape index (κ2) is 3.25. The first-order chi connectivity index (χ1) is 7.57. The largest absolute Gasteiger partial charge is 0.387 e. The molecule has 2 bridgehead atoms. The van der Waals surface area contributed by atoms with Crippen molar-refractivity contribution in [3.05, 3.63) is 29.8 Å². The lowest BCUT2D eigenvalue weighted by atomic mass is 9.72. The van der Waals surface area contributed by atoms with Crippen molar-refractivity contribution >= 4 is 0 Å². The smallest absolute Gasteiger partial charge is 0.141 e. The van der Waals surface area contributed by atoms with Crippen LogP contribution in [-0.2, 0) is 0 Å². The van der Waals surface area contributed by atoms with Crippen LogP contribution in [0.1, 0.15) is 31.4 Å². The summed E-state index contributed by atoms with van der Waals surface area (Å²) in [7, 11) is 0. The standard InChI is InChI=1S/C12H15FN2O/c1-12-3-8(4-12)10(15-12)11(16)7-2-9(13)6-14-5-7/h2,5-6,8,10-11,15-16H,3-4H2,1H3/t8?,10?,11-,12?/m1/s1. The number of fused-ring (bicyclic) bond motifs is 1. The number of rotatable bonds is 2. The molecule has 2 aliphatic heterocycles. The summed E-state index contributed by atoms with van der Waals surface area (Å²) in [5.41, 5.74) is 0.755. The van der Waals surface area contributed by atoms with Crippen LogP contribution in [-0.4, -0.2) is 21.7 Å². The van der Waals surface area contributed by atoms with E-state index in [4.69, 9.17) is 0 Å². The van der Waals surface area contributed by atoms with E-state index in [0.29, 0.717) is 11.5 Å². The number of nitrogens with zero attached hydrogens (tertiary/aromatic N) is 1. The summed E-state index contributed by atoms with van der Waals surface area (Å²) in [6, 6.07) is 1.41. The molecule has 2 atom stereocenters. The molecule has 0 amide bonds. The minimum Gasteiger partial charge on any atom is -0.387 e. The van der Waals surface area contributed by atoms with Crippen LogP contribution in [0.3, 0.4) is 0 Å². The third kappa shape index (κ3) is 1.44. The van der Waals surface area contributed by atoms with Crippen LogP contribution in [0.15, 0.2) is 18.5 Å². The van der Waals surface area contributed by atoms with Gasteiger partial charge in [-0.25, -0.2) is 4.39 Å². The van der Waals surface area contributed by atoms with Crippen molar-refractivity contribution in [3.63, 3.8) is 0 Å². The Kier molecular flexibility index (Phi) is 2.06. The van der Waals surface area contributed by atoms with E-state index in [0.717, 1.165) is 19.0 Å². The topological polar surface area (TPSA) is 45.2 Å². The normalized spacial score (nSPS) is 38.2. The quantitative estimate of drug-likeness (QED) is 0.795. The number of aliphatic hydroxyl groups excluding tert-OH is 1. The molecule has 3 heterocycles. The number of aliphatic hydroxyl groups is 1. The summed E-state index contributed by atoms with van der Waals surface area (Å²) in [6.45, 7) is 2.17. The van der Waals surface area contributed by atoms with E-state index in [1.807, 2.05) is 0 Å². The first-order valence-electron chi connectivity index (χ1n) is 5.64. The number of nitrogens with one attached hydrogen (secondary N) is 1. The third-order valence-electron chi connectivity index (χ3n) is 3.86. The van der Waals surface area contributed by atoms with E-state index in [1.54, 1.807) is 0 Å². The maximum Gasteiger partial charge on any atom is 0.141 e. The first kappa shape index (κ1) is 10.2. The van der Waals surface area contributed by atoms with Gasteiger partial charge < -0.3 is 10.4 Å². The molecule has 4 heteroatoms. The van der Waals surface area contributed by atoms with E-state index in [2.05, 4.69) is 17.2 Å². The van der Waals surface area contributed by atoms with Gasteiger partial charge in [-0.1, -0.05) is 0 Å². The van der Waals surface area contributed by atoms with E-state index in [9.17, 15) is 9.50 Å². The van der Waals surface area contributed by atoms with Gasteiger partial charge in [-0.3, -0.25) is 4.98 Å². The molecule has 1 unspecified atom stereocenters. The molecule has 0 aromatic carbocycles. The van der Waals surface area contributed by atoms with E-state index >= 15 is 0 Å². The van der Waals surface area contributed by atoms with Gasteiger partial charge in [0.2, 0.25) is 0 Å². The average Bonchev–Trinajstić information content (AvgIpc) is 2.70. The molecule has 1 aromatic rings. The van der Waals surface area contributed by atoms with Crippen molar-refractivity contribution in [2.45, 2.75) is 37.5 Å². The van der Waals surface area contributed by atoms with Gasteiger partial charge in [0.25, 0.3) is 0 Å². The summed E-state index contributed by atoms with van der Waals surface area (Å²) in [4.78, 5) is 3.77. The summed E-state index contributed by atoms with van der Waals surface area (Å²) in [6.07, 6.45) is 4.25. The Morgan fingerprint density at radius 1 is 1.56 bits per heavy atom. The van der Waals surface area contributed by atoms with Crippen LogP contribution in [0, 0.1) is 11.7 Å². The molecule has 3 fully saturated rings. The Bertz CT molecular complexity index is 417. The SMILES string of the molecule is CC12CC(C1)C([C@H](O)c1cncc(F)c1)N2. The Morgan fingerprint density at radius 3 is 2.88 bits per heavy atom. The molecule has 4 rings (SSSR count). The zero-order chi connectivity index (χ0) is 11.3. The van der Waals surface area contributed by atoms with Crippen molar-refractivity contribution in [1.29, 1.82) is 0 Å². The van der Waals surface area contributed by atoms with Crippen molar-refractivity contribution in [3.8, 4) is 0 Å². The minimum atomic E-state index is -0.655. The summed E-state index contributed by atoms with van der Waals surface area (Å²) < 4.78 is 13.0. The fraction of sp³-hybridized carbons (Fsp3) is 0.583. The number of hydrogen-bond acceptors (Lipinski definition) is 3. The number of pyridine rings is 1. The molecule has 16 heavy (non-hydrogen) atoms. The highest BCUT2D eigenvalue weighted by Crippen LogP contribution is 2.49. The number of aromatic nitrogens is 1. The molecule has 3 aliphatic rings. The van der Waals surface area contributed by atoms with Gasteiger partial charge in [0, 0.05) is 23.3 Å². The van der Waals surface area contributed by atoms with Gasteiger partial charge in [-0.05, 0) is 31.7 Å². The van der Waals surface area contributed by atoms with Gasteiger partial charge in [-0.2, -0.15) is 0 Å². The van der Waals surface area contributed by atoms with Gasteiger partial charge in [0.05, 0.1) is 12.3 Å². The van der Waals surface area contributed by atoms with Crippen LogP contribution < -0.4 is 5.32 Å². The number of halogens is 1. The molecule has 1 aliphatic carbocycles. The molecule has 2 N–H and O–H groups in total. The molecule has 86 valence electrons. The zero-order valence-corrected chi connectivity index (χ0v) is 9.15. The highest BCUT2D eigenvalue weighted by molar-refractivity contribution is 5.21. The molecule has 1 saturated carbocycles. The maximum absolute atomic E-state index is 13.0. The molecule has 0 spiro atoms. The maximum atomic E-state index is 13.0. The van der Waals surface area contributed by atoms with Crippen molar-refractivity contribution < 1.29 is 9.50 Å². The van der Waals surface area contributed by atoms with Crippen LogP contribution in [0.2, 0.25) is 0 Å². The number of hydrogen-bond donors (Lipinski definition) is 2. The van der Waals surface area contributed by atoms with Gasteiger partial charge in [0.15, 0.2) is 0 Å². The van der Waals surface area contributed by atoms with Crippen LogP contribution in [0.4, 0.5) is 4.39 Å². The highest BCUT2D eigenvalue weighted by atomic mass is 19.1. The fourth-order valence-electron chi connectivity index (χ4n) is 3.12. The predicted octanol–water partition coefficient (Wildman–Crippen LogP) is 1.39. The minimum absolute atomic E-state index is 0.0496. The van der Waals surface area contributed by atoms with Gasteiger partial charge >= 0.3 is 0 Å². The van der Waals surface area contributed by atoms with Crippen molar-refractivity contribution in [2.24, 2.45) is 5.92 Å². The molecular formula is C12H15FN2O. The monoisotopic (exact) mass is 222 g/mol. The molecule has 1 aromatic heterocycles. The summed E-state index contributed by atoms with van der Waals surface area (Å²) in [5, 5.41) is 13.6. The van der Waals surface area contributed by atoms with Crippen LogP contribution in [0.5, 0.6) is 0 Å². The molecule has 3 nitrogen and oxygen atoms in total. The van der Waals surface area contributed by atoms with E-state index < -0.39 is 11.9 Å². The molecular weight excluding hydrogens is 207 g/mol. The second-order valence-electron chi connectivity index (χ2n) is 5.28.